The lowest BCUT2D eigenvalue weighted by molar-refractivity contribution is 0.0404. The second-order valence-corrected chi connectivity index (χ2v) is 26.1. The Kier molecular flexibility index (Phi) is 10.5. The van der Waals surface area contributed by atoms with E-state index in [1.165, 1.54) is 0 Å². The minimum absolute atomic E-state index is 0.00192. The molecule has 3 atom stereocenters. The van der Waals surface area contributed by atoms with E-state index in [-0.39, 0.29) is 33.7 Å². The zero-order valence-electron chi connectivity index (χ0n) is 27.8. The van der Waals surface area contributed by atoms with Gasteiger partial charge in [0.25, 0.3) is 0 Å². The van der Waals surface area contributed by atoms with Gasteiger partial charge >= 0.3 is 0 Å². The Bertz CT molecular complexity index is 1320. The van der Waals surface area contributed by atoms with Crippen LogP contribution in [0.3, 0.4) is 0 Å². The topological polar surface area (TPSA) is 65.1 Å². The highest BCUT2D eigenvalue weighted by Crippen LogP contribution is 2.42. The Hall–Kier alpha value is -1.76. The molecule has 0 N–H and O–H groups in total. The fourth-order valence-electron chi connectivity index (χ4n) is 4.47. The minimum atomic E-state index is -3.83. The van der Waals surface area contributed by atoms with Gasteiger partial charge in [0.05, 0.1) is 24.2 Å². The molecule has 0 aromatic heterocycles. The molecule has 2 aromatic rings. The van der Waals surface area contributed by atoms with Gasteiger partial charge in [-0.3, -0.25) is 0 Å². The van der Waals surface area contributed by atoms with Gasteiger partial charge in [0.1, 0.15) is 5.75 Å². The number of hydrogen-bond acceptors (Lipinski definition) is 5. The van der Waals surface area contributed by atoms with E-state index in [0.717, 1.165) is 16.9 Å². The van der Waals surface area contributed by atoms with Gasteiger partial charge in [-0.25, -0.2) is 8.42 Å². The van der Waals surface area contributed by atoms with Crippen LogP contribution < -0.4 is 4.74 Å². The van der Waals surface area contributed by atoms with Crippen molar-refractivity contribution in [3.05, 3.63) is 71.8 Å². The molecule has 9 heteroatoms. The van der Waals surface area contributed by atoms with Crippen molar-refractivity contribution in [1.82, 2.24) is 4.31 Å². The molecular formula is C33H53NO5SSi2. The van der Waals surface area contributed by atoms with Crippen LogP contribution in [-0.2, 0) is 25.4 Å². The quantitative estimate of drug-likeness (QED) is 0.195. The van der Waals surface area contributed by atoms with Crippen molar-refractivity contribution in [3.8, 4) is 5.75 Å². The normalized spacial score (nSPS) is 20.6. The Labute approximate surface area is 257 Å². The molecule has 1 aliphatic carbocycles. The number of nitrogens with zero attached hydrogens (tertiary/aromatic N) is 1. The number of aryl methyl sites for hydroxylation is 1. The summed E-state index contributed by atoms with van der Waals surface area (Å²) in [6.07, 6.45) is 4.11. The molecule has 234 valence electrons. The molecule has 0 saturated carbocycles. The van der Waals surface area contributed by atoms with Gasteiger partial charge in [-0.15, -0.1) is 0 Å². The molecule has 0 aliphatic heterocycles. The van der Waals surface area contributed by atoms with Crippen LogP contribution in [0.2, 0.25) is 36.3 Å². The second kappa shape index (κ2) is 12.7. The predicted octanol–water partition coefficient (Wildman–Crippen LogP) is 8.30. The maximum absolute atomic E-state index is 14.3. The van der Waals surface area contributed by atoms with E-state index in [4.69, 9.17) is 13.6 Å². The first-order valence-corrected chi connectivity index (χ1v) is 22.2. The number of sulfonamides is 1. The van der Waals surface area contributed by atoms with Gasteiger partial charge in [0.2, 0.25) is 10.0 Å². The predicted molar refractivity (Wildman–Crippen MR) is 179 cm³/mol. The molecule has 0 fully saturated rings. The van der Waals surface area contributed by atoms with Crippen molar-refractivity contribution in [2.24, 2.45) is 0 Å². The third kappa shape index (κ3) is 8.04. The fraction of sp³-hybridized carbons (Fsp3) is 0.576. The molecule has 0 heterocycles. The van der Waals surface area contributed by atoms with Crippen molar-refractivity contribution in [3.63, 3.8) is 0 Å². The summed E-state index contributed by atoms with van der Waals surface area (Å²) in [7, 11) is -6.53. The van der Waals surface area contributed by atoms with Crippen LogP contribution in [0.15, 0.2) is 65.6 Å². The van der Waals surface area contributed by atoms with Crippen molar-refractivity contribution < 1.29 is 22.0 Å². The molecule has 0 radical (unpaired) electrons. The Morgan fingerprint density at radius 2 is 1.33 bits per heavy atom. The first-order valence-electron chi connectivity index (χ1n) is 14.9. The third-order valence-corrected chi connectivity index (χ3v) is 20.2. The molecule has 6 nitrogen and oxygen atoms in total. The van der Waals surface area contributed by atoms with Crippen LogP contribution in [-0.4, -0.2) is 54.7 Å². The van der Waals surface area contributed by atoms with Gasteiger partial charge in [-0.05, 0) is 79.4 Å². The smallest absolute Gasteiger partial charge is 0.243 e. The summed E-state index contributed by atoms with van der Waals surface area (Å²) < 4.78 is 49.5. The van der Waals surface area contributed by atoms with Crippen molar-refractivity contribution in [1.29, 1.82) is 0 Å². The van der Waals surface area contributed by atoms with Crippen LogP contribution in [0.1, 0.15) is 59.1 Å². The van der Waals surface area contributed by atoms with E-state index >= 15 is 0 Å². The average Bonchev–Trinajstić information content (AvgIpc) is 2.87. The molecule has 0 spiro atoms. The molecule has 0 unspecified atom stereocenters. The van der Waals surface area contributed by atoms with Crippen LogP contribution in [0.25, 0.3) is 0 Å². The molecule has 0 bridgehead atoms. The maximum Gasteiger partial charge on any atom is 0.243 e. The Morgan fingerprint density at radius 3 is 1.83 bits per heavy atom. The van der Waals surface area contributed by atoms with Crippen LogP contribution >= 0.6 is 0 Å². The van der Waals surface area contributed by atoms with Gasteiger partial charge in [-0.1, -0.05) is 83.5 Å². The summed E-state index contributed by atoms with van der Waals surface area (Å²) in [4.78, 5) is 0.288. The zero-order chi connectivity index (χ0) is 31.7. The summed E-state index contributed by atoms with van der Waals surface area (Å²) in [6.45, 7) is 24.6. The van der Waals surface area contributed by atoms with Gasteiger partial charge in [-0.2, -0.15) is 4.31 Å². The fourth-order valence-corrected chi connectivity index (χ4v) is 8.65. The van der Waals surface area contributed by atoms with Gasteiger partial charge in [0.15, 0.2) is 16.6 Å². The van der Waals surface area contributed by atoms with Gasteiger partial charge in [0, 0.05) is 12.6 Å². The molecule has 42 heavy (non-hydrogen) atoms. The van der Waals surface area contributed by atoms with Crippen molar-refractivity contribution in [2.75, 3.05) is 7.11 Å². The number of methoxy groups -OCH3 is 1. The van der Waals surface area contributed by atoms with E-state index in [1.807, 2.05) is 49.4 Å². The summed E-state index contributed by atoms with van der Waals surface area (Å²) in [5.74, 6) is 0.734. The van der Waals surface area contributed by atoms with Gasteiger partial charge < -0.3 is 13.6 Å². The zero-order valence-corrected chi connectivity index (χ0v) is 30.6. The largest absolute Gasteiger partial charge is 0.497 e. The molecule has 1 aliphatic rings. The SMILES string of the molecule is COc1ccc(CN([C@H]2C=C[C@@H](O[Si](C)(C)C(C)(C)C)[C@@H](O[Si](C)(C)C(C)(C)C)C2)S(=O)(=O)c2ccc(C)cc2)cc1. The third-order valence-electron chi connectivity index (χ3n) is 9.35. The maximum atomic E-state index is 14.3. The van der Waals surface area contributed by atoms with Crippen LogP contribution in [0.5, 0.6) is 5.75 Å². The number of rotatable bonds is 10. The number of hydrogen-bond donors (Lipinski definition) is 0. The lowest BCUT2D eigenvalue weighted by atomic mass is 9.97. The van der Waals surface area contributed by atoms with Crippen LogP contribution in [0.4, 0.5) is 0 Å². The molecule has 3 rings (SSSR count). The summed E-state index contributed by atoms with van der Waals surface area (Å²) >= 11 is 0. The van der Waals surface area contributed by atoms with E-state index in [9.17, 15) is 8.42 Å². The first-order chi connectivity index (χ1) is 19.2. The van der Waals surface area contributed by atoms with E-state index < -0.39 is 32.7 Å². The Balaban J connectivity index is 2.08. The van der Waals surface area contributed by atoms with Crippen molar-refractivity contribution in [2.45, 2.75) is 121 Å². The highest BCUT2D eigenvalue weighted by Gasteiger charge is 2.46. The summed E-state index contributed by atoms with van der Waals surface area (Å²) in [5.41, 5.74) is 1.91. The van der Waals surface area contributed by atoms with Crippen LogP contribution in [0, 0.1) is 6.92 Å². The molecular weight excluding hydrogens is 579 g/mol. The molecule has 0 saturated heterocycles. The summed E-state index contributed by atoms with van der Waals surface area (Å²) in [5, 5.41) is 0.0380. The van der Waals surface area contributed by atoms with E-state index in [0.29, 0.717) is 6.42 Å². The molecule has 2 aromatic carbocycles. The van der Waals surface area contributed by atoms with E-state index in [1.54, 1.807) is 23.5 Å². The monoisotopic (exact) mass is 631 g/mol. The second-order valence-electron chi connectivity index (χ2n) is 14.7. The number of benzene rings is 2. The Morgan fingerprint density at radius 1 is 0.810 bits per heavy atom. The lowest BCUT2D eigenvalue weighted by Crippen LogP contribution is -2.54. The first kappa shape index (κ1) is 34.7. The average molecular weight is 632 g/mol. The standard InChI is InChI=1S/C33H53NO5SSi2/c1-25-13-20-29(21-14-25)40(35,36)34(24-26-15-18-28(37-8)19-16-26)27-17-22-30(38-41(9,10)32(2,3)4)31(23-27)39-42(11,12)33(5,6)7/h13-22,27,30-31H,23-24H2,1-12H3/t27-,30+,31-/m0/s1. The highest BCUT2D eigenvalue weighted by atomic mass is 32.2. The lowest BCUT2D eigenvalue weighted by Gasteiger charge is -2.47. The minimum Gasteiger partial charge on any atom is -0.497 e. The highest BCUT2D eigenvalue weighted by molar-refractivity contribution is 7.89. The van der Waals surface area contributed by atoms with E-state index in [2.05, 4.69) is 73.8 Å². The van der Waals surface area contributed by atoms with Crippen molar-refractivity contribution >= 4 is 26.7 Å². The molecule has 0 amide bonds. The summed E-state index contributed by atoms with van der Waals surface area (Å²) in [6, 6.07) is 14.3. The number of ether oxygens (including phenoxy) is 1.